The molecular formula is C24H27N5O3. The van der Waals surface area contributed by atoms with Crippen molar-refractivity contribution in [3.8, 4) is 11.5 Å². The molecule has 1 aromatic heterocycles. The van der Waals surface area contributed by atoms with Gasteiger partial charge >= 0.3 is 0 Å². The predicted molar refractivity (Wildman–Crippen MR) is 125 cm³/mol. The number of nitrogens with one attached hydrogen (secondary N) is 1. The molecule has 0 saturated carbocycles. The van der Waals surface area contributed by atoms with Crippen LogP contribution < -0.4 is 19.7 Å². The van der Waals surface area contributed by atoms with Crippen molar-refractivity contribution in [2.45, 2.75) is 6.54 Å². The quantitative estimate of drug-likeness (QED) is 0.574. The Bertz CT molecular complexity index is 1150. The lowest BCUT2D eigenvalue weighted by Crippen LogP contribution is -2.37. The highest BCUT2D eigenvalue weighted by atomic mass is 16.5. The van der Waals surface area contributed by atoms with Gasteiger partial charge in [-0.15, -0.1) is 0 Å². The summed E-state index contributed by atoms with van der Waals surface area (Å²) >= 11 is 0. The fourth-order valence-electron chi connectivity index (χ4n) is 3.61. The van der Waals surface area contributed by atoms with E-state index in [2.05, 4.69) is 15.3 Å². The summed E-state index contributed by atoms with van der Waals surface area (Å²) in [4.78, 5) is 25.4. The monoisotopic (exact) mass is 433 g/mol. The van der Waals surface area contributed by atoms with Crippen molar-refractivity contribution in [2.24, 2.45) is 0 Å². The summed E-state index contributed by atoms with van der Waals surface area (Å²) in [5.41, 5.74) is 2.54. The lowest BCUT2D eigenvalue weighted by molar-refractivity contribution is -0.114. The van der Waals surface area contributed by atoms with E-state index in [1.807, 2.05) is 61.5 Å². The van der Waals surface area contributed by atoms with Gasteiger partial charge in [0.2, 0.25) is 0 Å². The van der Waals surface area contributed by atoms with Crippen molar-refractivity contribution in [2.75, 3.05) is 51.1 Å². The number of nitrogens with zero attached hydrogens (tertiary/aromatic N) is 4. The fourth-order valence-corrected chi connectivity index (χ4v) is 3.61. The molecule has 32 heavy (non-hydrogen) atoms. The maximum absolute atomic E-state index is 12.8. The first-order valence-corrected chi connectivity index (χ1v) is 10.5. The summed E-state index contributed by atoms with van der Waals surface area (Å²) in [5.74, 6) is 2.01. The number of carbonyl (C=O) groups is 1. The van der Waals surface area contributed by atoms with Gasteiger partial charge in [-0.2, -0.15) is 0 Å². The minimum Gasteiger partial charge on any atom is -0.497 e. The molecule has 0 aliphatic carbocycles. The number of likely N-dealkylation sites (N-methyl/N-ethyl adjacent to an activating group) is 1. The number of hydrogen-bond acceptors (Lipinski definition) is 7. The van der Waals surface area contributed by atoms with E-state index in [0.717, 1.165) is 27.9 Å². The van der Waals surface area contributed by atoms with E-state index >= 15 is 0 Å². The zero-order valence-electron chi connectivity index (χ0n) is 18.5. The summed E-state index contributed by atoms with van der Waals surface area (Å²) in [6, 6.07) is 11.6. The van der Waals surface area contributed by atoms with Gasteiger partial charge in [0.1, 0.15) is 24.5 Å². The topological polar surface area (TPSA) is 79.8 Å². The first kappa shape index (κ1) is 21.6. The second-order valence-corrected chi connectivity index (χ2v) is 7.74. The van der Waals surface area contributed by atoms with Gasteiger partial charge in [0, 0.05) is 19.2 Å². The molecular weight excluding hydrogens is 406 g/mol. The van der Waals surface area contributed by atoms with Gasteiger partial charge in [0.05, 0.1) is 30.2 Å². The molecule has 1 amide bonds. The fraction of sp³-hybridized carbons (Fsp3) is 0.292. The average Bonchev–Trinajstić information content (AvgIpc) is 2.81. The molecule has 0 saturated heterocycles. The molecule has 0 radical (unpaired) electrons. The highest BCUT2D eigenvalue weighted by Crippen LogP contribution is 2.40. The first-order valence-electron chi connectivity index (χ1n) is 10.5. The minimum atomic E-state index is -0.0708. The number of benzene rings is 2. The van der Waals surface area contributed by atoms with Crippen molar-refractivity contribution >= 4 is 28.3 Å². The van der Waals surface area contributed by atoms with Crippen molar-refractivity contribution < 1.29 is 14.3 Å². The van der Waals surface area contributed by atoms with E-state index in [-0.39, 0.29) is 5.91 Å². The molecule has 2 heterocycles. The highest BCUT2D eigenvalue weighted by Gasteiger charge is 2.26. The maximum atomic E-state index is 12.8. The Morgan fingerprint density at radius 3 is 2.97 bits per heavy atom. The molecule has 8 nitrogen and oxygen atoms in total. The Labute approximate surface area is 187 Å². The number of amides is 1. The van der Waals surface area contributed by atoms with Crippen molar-refractivity contribution in [3.05, 3.63) is 60.4 Å². The number of aromatic nitrogens is 2. The highest BCUT2D eigenvalue weighted by molar-refractivity contribution is 6.07. The molecule has 0 fully saturated rings. The summed E-state index contributed by atoms with van der Waals surface area (Å²) in [6.45, 7) is 2.16. The summed E-state index contributed by atoms with van der Waals surface area (Å²) < 4.78 is 11.3. The minimum absolute atomic E-state index is 0.0708. The zero-order valence-corrected chi connectivity index (χ0v) is 18.5. The van der Waals surface area contributed by atoms with Gasteiger partial charge in [-0.3, -0.25) is 4.79 Å². The van der Waals surface area contributed by atoms with Crippen LogP contribution in [0.3, 0.4) is 0 Å². The Morgan fingerprint density at radius 1 is 1.28 bits per heavy atom. The lowest BCUT2D eigenvalue weighted by atomic mass is 10.1. The van der Waals surface area contributed by atoms with Crippen LogP contribution in [-0.4, -0.2) is 61.7 Å². The van der Waals surface area contributed by atoms with Crippen LogP contribution in [0.4, 0.5) is 11.5 Å². The number of anilines is 2. The van der Waals surface area contributed by atoms with Crippen LogP contribution in [-0.2, 0) is 11.3 Å². The first-order chi connectivity index (χ1) is 15.6. The number of methoxy groups -OCH3 is 1. The molecule has 8 heteroatoms. The van der Waals surface area contributed by atoms with Gasteiger partial charge in [-0.05, 0) is 43.9 Å². The Kier molecular flexibility index (Phi) is 6.51. The molecule has 1 aliphatic heterocycles. The number of carbonyl (C=O) groups excluding carboxylic acids is 1. The molecule has 1 N–H and O–H groups in total. The Morgan fingerprint density at radius 2 is 2.16 bits per heavy atom. The predicted octanol–water partition coefficient (Wildman–Crippen LogP) is 3.09. The standard InChI is InChI=1S/C24H27N5O3/c1-28(2)11-5-8-21(30)29-12-13-32-23-20(29)10-9-19-22(23)24(27-16-26-19)25-15-17-6-4-7-18(14-17)31-3/h4-10,14,16H,11-13,15H2,1-3H3,(H,25,26,27)/b8-5+. The van der Waals surface area contributed by atoms with Gasteiger partial charge < -0.3 is 24.6 Å². The molecule has 3 aromatic rings. The molecule has 0 bridgehead atoms. The average molecular weight is 434 g/mol. The molecule has 2 aromatic carbocycles. The van der Waals surface area contributed by atoms with Crippen molar-refractivity contribution in [3.63, 3.8) is 0 Å². The van der Waals surface area contributed by atoms with Crippen LogP contribution in [0, 0.1) is 0 Å². The molecule has 0 spiro atoms. The van der Waals surface area contributed by atoms with E-state index in [4.69, 9.17) is 9.47 Å². The van der Waals surface area contributed by atoms with Crippen LogP contribution in [0.5, 0.6) is 11.5 Å². The van der Waals surface area contributed by atoms with Gasteiger partial charge in [-0.1, -0.05) is 18.2 Å². The van der Waals surface area contributed by atoms with Crippen LogP contribution in [0.25, 0.3) is 10.9 Å². The third kappa shape index (κ3) is 4.65. The molecule has 4 rings (SSSR count). The molecule has 1 aliphatic rings. The van der Waals surface area contributed by atoms with E-state index in [1.165, 1.54) is 6.33 Å². The van der Waals surface area contributed by atoms with Crippen LogP contribution in [0.2, 0.25) is 0 Å². The number of fused-ring (bicyclic) bond motifs is 3. The maximum Gasteiger partial charge on any atom is 0.250 e. The van der Waals surface area contributed by atoms with Crippen molar-refractivity contribution in [1.29, 1.82) is 0 Å². The van der Waals surface area contributed by atoms with Crippen molar-refractivity contribution in [1.82, 2.24) is 14.9 Å². The molecule has 0 atom stereocenters. The number of ether oxygens (including phenoxy) is 2. The zero-order chi connectivity index (χ0) is 22.5. The van der Waals surface area contributed by atoms with Crippen LogP contribution in [0.1, 0.15) is 5.56 Å². The van der Waals surface area contributed by atoms with Crippen LogP contribution in [0.15, 0.2) is 54.9 Å². The summed E-state index contributed by atoms with van der Waals surface area (Å²) in [5, 5.41) is 4.15. The smallest absolute Gasteiger partial charge is 0.250 e. The summed E-state index contributed by atoms with van der Waals surface area (Å²) in [7, 11) is 5.58. The molecule has 0 unspecified atom stereocenters. The SMILES string of the molecule is COc1cccc(CNc2ncnc3ccc4c(c23)OCCN4C(=O)/C=C/CN(C)C)c1. The van der Waals surface area contributed by atoms with Crippen LogP contribution >= 0.6 is 0 Å². The van der Waals surface area contributed by atoms with E-state index in [9.17, 15) is 4.79 Å². The van der Waals surface area contributed by atoms with E-state index < -0.39 is 0 Å². The third-order valence-corrected chi connectivity index (χ3v) is 5.18. The molecule has 166 valence electrons. The number of hydrogen-bond donors (Lipinski definition) is 1. The Balaban J connectivity index is 1.65. The lowest BCUT2D eigenvalue weighted by Gasteiger charge is -2.30. The summed E-state index contributed by atoms with van der Waals surface area (Å²) in [6.07, 6.45) is 5.00. The third-order valence-electron chi connectivity index (χ3n) is 5.18. The normalized spacial score (nSPS) is 13.3. The van der Waals surface area contributed by atoms with Gasteiger partial charge in [-0.25, -0.2) is 9.97 Å². The van der Waals surface area contributed by atoms with Gasteiger partial charge in [0.15, 0.2) is 5.75 Å². The van der Waals surface area contributed by atoms with Gasteiger partial charge in [0.25, 0.3) is 5.91 Å². The Hall–Kier alpha value is -3.65. The largest absolute Gasteiger partial charge is 0.497 e. The number of rotatable bonds is 7. The second kappa shape index (κ2) is 9.65. The van der Waals surface area contributed by atoms with E-state index in [1.54, 1.807) is 18.1 Å². The van der Waals surface area contributed by atoms with E-state index in [0.29, 0.717) is 37.8 Å². The second-order valence-electron chi connectivity index (χ2n) is 7.74.